The Kier molecular flexibility index (Phi) is 3.61. The molecule has 6 heteroatoms. The molecule has 94 valence electrons. The van der Waals surface area contributed by atoms with Crippen molar-refractivity contribution in [2.75, 3.05) is 36.6 Å². The summed E-state index contributed by atoms with van der Waals surface area (Å²) < 4.78 is 0. The lowest BCUT2D eigenvalue weighted by Crippen LogP contribution is -2.16. The zero-order chi connectivity index (χ0) is 12.3. The van der Waals surface area contributed by atoms with Gasteiger partial charge in [0, 0.05) is 20.6 Å². The first-order chi connectivity index (χ1) is 8.15. The van der Waals surface area contributed by atoms with Crippen LogP contribution in [0.3, 0.4) is 0 Å². The highest BCUT2D eigenvalue weighted by Gasteiger charge is 2.20. The van der Waals surface area contributed by atoms with E-state index in [1.54, 1.807) is 0 Å². The lowest BCUT2D eigenvalue weighted by molar-refractivity contribution is 0.685. The van der Waals surface area contributed by atoms with E-state index in [1.807, 2.05) is 19.0 Å². The van der Waals surface area contributed by atoms with Crippen LogP contribution < -0.4 is 16.0 Å². The first-order valence-corrected chi connectivity index (χ1v) is 6.08. The monoisotopic (exact) mass is 236 g/mol. The van der Waals surface area contributed by atoms with E-state index in [1.165, 1.54) is 19.3 Å². The fraction of sp³-hybridized carbons (Fsp3) is 0.727. The van der Waals surface area contributed by atoms with Crippen LogP contribution in [0, 0.1) is 5.92 Å². The molecule has 0 radical (unpaired) electrons. The fourth-order valence-electron chi connectivity index (χ4n) is 1.66. The molecule has 6 nitrogen and oxygen atoms in total. The second-order valence-corrected chi connectivity index (χ2v) is 4.72. The van der Waals surface area contributed by atoms with E-state index in [4.69, 9.17) is 5.73 Å². The second-order valence-electron chi connectivity index (χ2n) is 4.72. The smallest absolute Gasteiger partial charge is 0.231 e. The van der Waals surface area contributed by atoms with Crippen LogP contribution in [0.4, 0.5) is 17.8 Å². The Morgan fingerprint density at radius 2 is 2.06 bits per heavy atom. The number of aromatic nitrogens is 3. The highest BCUT2D eigenvalue weighted by molar-refractivity contribution is 5.40. The average molecular weight is 236 g/mol. The van der Waals surface area contributed by atoms with Crippen molar-refractivity contribution in [1.82, 2.24) is 15.0 Å². The number of nitrogen functional groups attached to an aromatic ring is 1. The topological polar surface area (TPSA) is 80.0 Å². The van der Waals surface area contributed by atoms with Crippen LogP contribution >= 0.6 is 0 Å². The summed E-state index contributed by atoms with van der Waals surface area (Å²) in [5.74, 6) is 2.38. The highest BCUT2D eigenvalue weighted by atomic mass is 15.3. The van der Waals surface area contributed by atoms with Crippen LogP contribution in [0.1, 0.15) is 25.7 Å². The van der Waals surface area contributed by atoms with Crippen LogP contribution in [0.25, 0.3) is 0 Å². The summed E-state index contributed by atoms with van der Waals surface area (Å²) >= 11 is 0. The van der Waals surface area contributed by atoms with Crippen molar-refractivity contribution in [2.24, 2.45) is 5.92 Å². The van der Waals surface area contributed by atoms with Crippen molar-refractivity contribution in [3.63, 3.8) is 0 Å². The molecule has 1 fully saturated rings. The minimum absolute atomic E-state index is 0.258. The first-order valence-electron chi connectivity index (χ1n) is 6.08. The van der Waals surface area contributed by atoms with E-state index < -0.39 is 0 Å². The number of rotatable bonds is 6. The van der Waals surface area contributed by atoms with E-state index in [0.717, 1.165) is 18.9 Å². The van der Waals surface area contributed by atoms with Crippen LogP contribution in [-0.2, 0) is 0 Å². The molecule has 1 aliphatic rings. The number of nitrogens with two attached hydrogens (primary N) is 1. The van der Waals surface area contributed by atoms with Gasteiger partial charge in [-0.3, -0.25) is 0 Å². The van der Waals surface area contributed by atoms with Gasteiger partial charge in [0.05, 0.1) is 0 Å². The van der Waals surface area contributed by atoms with Gasteiger partial charge in [-0.1, -0.05) is 12.8 Å². The van der Waals surface area contributed by atoms with E-state index in [9.17, 15) is 0 Å². The molecule has 1 aliphatic carbocycles. The predicted molar refractivity (Wildman–Crippen MR) is 69.0 cm³/mol. The van der Waals surface area contributed by atoms with Crippen molar-refractivity contribution >= 4 is 17.8 Å². The molecule has 0 amide bonds. The lowest BCUT2D eigenvalue weighted by atomic mass is 10.2. The average Bonchev–Trinajstić information content (AvgIpc) is 3.07. The third-order valence-corrected chi connectivity index (χ3v) is 2.81. The summed E-state index contributed by atoms with van der Waals surface area (Å²) in [7, 11) is 3.76. The van der Waals surface area contributed by atoms with Gasteiger partial charge in [0.25, 0.3) is 0 Å². The Hall–Kier alpha value is -1.59. The molecule has 1 aromatic heterocycles. The quantitative estimate of drug-likeness (QED) is 0.720. The third-order valence-electron chi connectivity index (χ3n) is 2.81. The van der Waals surface area contributed by atoms with Crippen molar-refractivity contribution in [3.05, 3.63) is 0 Å². The van der Waals surface area contributed by atoms with Crippen LogP contribution in [0.5, 0.6) is 0 Å². The van der Waals surface area contributed by atoms with Crippen LogP contribution in [-0.4, -0.2) is 35.6 Å². The van der Waals surface area contributed by atoms with Gasteiger partial charge in [0.15, 0.2) is 0 Å². The summed E-state index contributed by atoms with van der Waals surface area (Å²) in [5, 5.41) is 3.20. The van der Waals surface area contributed by atoms with Crippen LogP contribution in [0.15, 0.2) is 0 Å². The summed E-state index contributed by atoms with van der Waals surface area (Å²) in [6.07, 6.45) is 5.27. The number of hydrogen-bond acceptors (Lipinski definition) is 6. The molecule has 1 saturated carbocycles. The fourth-order valence-corrected chi connectivity index (χ4v) is 1.66. The maximum absolute atomic E-state index is 5.63. The van der Waals surface area contributed by atoms with E-state index in [0.29, 0.717) is 11.9 Å². The van der Waals surface area contributed by atoms with Crippen molar-refractivity contribution in [3.8, 4) is 0 Å². The van der Waals surface area contributed by atoms with Gasteiger partial charge in [0.1, 0.15) is 0 Å². The molecule has 1 heterocycles. The van der Waals surface area contributed by atoms with Crippen molar-refractivity contribution in [2.45, 2.75) is 25.7 Å². The van der Waals surface area contributed by atoms with Gasteiger partial charge in [-0.15, -0.1) is 0 Å². The molecule has 0 aliphatic heterocycles. The summed E-state index contributed by atoms with van der Waals surface area (Å²) in [6, 6.07) is 0. The molecule has 0 atom stereocenters. The van der Waals surface area contributed by atoms with Gasteiger partial charge >= 0.3 is 0 Å². The zero-order valence-corrected chi connectivity index (χ0v) is 10.5. The predicted octanol–water partition coefficient (Wildman–Crippen LogP) is 1.12. The lowest BCUT2D eigenvalue weighted by Gasteiger charge is -2.12. The van der Waals surface area contributed by atoms with Gasteiger partial charge < -0.3 is 16.0 Å². The van der Waals surface area contributed by atoms with E-state index >= 15 is 0 Å². The summed E-state index contributed by atoms with van der Waals surface area (Å²) in [4.78, 5) is 14.2. The van der Waals surface area contributed by atoms with Crippen LogP contribution in [0.2, 0.25) is 0 Å². The van der Waals surface area contributed by atoms with Gasteiger partial charge in [0.2, 0.25) is 17.8 Å². The minimum Gasteiger partial charge on any atom is -0.368 e. The second kappa shape index (κ2) is 5.16. The Bertz CT molecular complexity index is 374. The van der Waals surface area contributed by atoms with E-state index in [2.05, 4.69) is 20.3 Å². The SMILES string of the molecule is CN(C)c1nc(N)nc(NCCCC2CC2)n1. The standard InChI is InChI=1S/C11H20N6/c1-17(2)11-15-9(12)14-10(16-11)13-7-3-4-8-5-6-8/h8H,3-7H2,1-2H3,(H3,12,13,14,15,16). The number of anilines is 3. The largest absolute Gasteiger partial charge is 0.368 e. The molecule has 0 bridgehead atoms. The molecule has 0 saturated heterocycles. The first kappa shape index (κ1) is 11.9. The molecular weight excluding hydrogens is 216 g/mol. The van der Waals surface area contributed by atoms with E-state index in [-0.39, 0.29) is 5.95 Å². The van der Waals surface area contributed by atoms with Crippen molar-refractivity contribution in [1.29, 1.82) is 0 Å². The third kappa shape index (κ3) is 3.72. The number of nitrogens with one attached hydrogen (secondary N) is 1. The highest BCUT2D eigenvalue weighted by Crippen LogP contribution is 2.33. The number of nitrogens with zero attached hydrogens (tertiary/aromatic N) is 4. The normalized spacial score (nSPS) is 14.7. The van der Waals surface area contributed by atoms with Gasteiger partial charge in [-0.25, -0.2) is 0 Å². The summed E-state index contributed by atoms with van der Waals surface area (Å²) in [5.41, 5.74) is 5.63. The molecule has 17 heavy (non-hydrogen) atoms. The Balaban J connectivity index is 1.85. The molecule has 3 N–H and O–H groups in total. The maximum atomic E-state index is 5.63. The molecule has 0 unspecified atom stereocenters. The number of hydrogen-bond donors (Lipinski definition) is 2. The maximum Gasteiger partial charge on any atom is 0.231 e. The Morgan fingerprint density at radius 3 is 2.71 bits per heavy atom. The molecule has 2 rings (SSSR count). The zero-order valence-electron chi connectivity index (χ0n) is 10.5. The molecule has 1 aromatic rings. The molecular formula is C11H20N6. The molecule has 0 aromatic carbocycles. The van der Waals surface area contributed by atoms with Gasteiger partial charge in [-0.05, 0) is 18.8 Å². The molecule has 0 spiro atoms. The Morgan fingerprint density at radius 1 is 1.29 bits per heavy atom. The van der Waals surface area contributed by atoms with Gasteiger partial charge in [-0.2, -0.15) is 15.0 Å². The van der Waals surface area contributed by atoms with Crippen molar-refractivity contribution < 1.29 is 0 Å². The Labute approximate surface area is 102 Å². The minimum atomic E-state index is 0.258. The summed E-state index contributed by atoms with van der Waals surface area (Å²) in [6.45, 7) is 0.896.